The van der Waals surface area contributed by atoms with E-state index in [0.717, 1.165) is 12.1 Å². The van der Waals surface area contributed by atoms with Crippen molar-refractivity contribution in [1.82, 2.24) is 9.78 Å². The lowest BCUT2D eigenvalue weighted by Crippen LogP contribution is -2.44. The Bertz CT molecular complexity index is 1140. The fourth-order valence-corrected chi connectivity index (χ4v) is 3.54. The Morgan fingerprint density at radius 1 is 1.00 bits per heavy atom. The number of halogens is 5. The zero-order valence-electron chi connectivity index (χ0n) is 17.5. The van der Waals surface area contributed by atoms with E-state index in [2.05, 4.69) is 10.4 Å². The van der Waals surface area contributed by atoms with E-state index in [1.807, 2.05) is 6.92 Å². The van der Waals surface area contributed by atoms with Gasteiger partial charge >= 0.3 is 0 Å². The van der Waals surface area contributed by atoms with Crippen LogP contribution in [0.1, 0.15) is 12.6 Å². The van der Waals surface area contributed by atoms with Crippen molar-refractivity contribution < 1.29 is 31.4 Å². The molecule has 0 amide bonds. The van der Waals surface area contributed by atoms with E-state index >= 15 is 8.78 Å². The summed E-state index contributed by atoms with van der Waals surface area (Å²) >= 11 is 0. The molecule has 1 saturated heterocycles. The topological polar surface area (TPSA) is 48.3 Å². The summed E-state index contributed by atoms with van der Waals surface area (Å²) in [5.74, 6) is -5.44. The van der Waals surface area contributed by atoms with Crippen LogP contribution in [0.4, 0.5) is 33.5 Å². The highest BCUT2D eigenvalue weighted by molar-refractivity contribution is 5.82. The zero-order valence-corrected chi connectivity index (χ0v) is 17.5. The molecule has 1 fully saturated rings. The van der Waals surface area contributed by atoms with Crippen molar-refractivity contribution in [2.75, 3.05) is 25.1 Å². The molecule has 1 aliphatic rings. The summed E-state index contributed by atoms with van der Waals surface area (Å²) in [6.45, 7) is 4.65. The van der Waals surface area contributed by atoms with Gasteiger partial charge in [0, 0.05) is 36.7 Å². The van der Waals surface area contributed by atoms with E-state index < -0.39 is 40.3 Å². The van der Waals surface area contributed by atoms with Crippen LogP contribution < -0.4 is 10.1 Å². The van der Waals surface area contributed by atoms with Crippen LogP contribution in [0.25, 0.3) is 11.1 Å². The second kappa shape index (κ2) is 8.09. The monoisotopic (exact) mass is 453 g/mol. The molecular weight excluding hydrogens is 433 g/mol. The number of benzene rings is 2. The molecule has 0 unspecified atom stereocenters. The Hall–Kier alpha value is -3.14. The van der Waals surface area contributed by atoms with E-state index in [4.69, 9.17) is 9.47 Å². The van der Waals surface area contributed by atoms with Gasteiger partial charge in [0.2, 0.25) is 0 Å². The molecule has 4 rings (SSSR count). The third-order valence-electron chi connectivity index (χ3n) is 5.23. The van der Waals surface area contributed by atoms with Gasteiger partial charge in [0.25, 0.3) is 0 Å². The molecular formula is C22H20F5N3O2. The molecule has 0 radical (unpaired) electrons. The van der Waals surface area contributed by atoms with Gasteiger partial charge in [-0.05, 0) is 6.92 Å². The molecule has 170 valence electrons. The van der Waals surface area contributed by atoms with Crippen molar-refractivity contribution in [3.63, 3.8) is 0 Å². The maximum atomic E-state index is 15.0. The highest BCUT2D eigenvalue weighted by atomic mass is 19.2. The Kier molecular flexibility index (Phi) is 5.58. The molecule has 1 aliphatic heterocycles. The highest BCUT2D eigenvalue weighted by Crippen LogP contribution is 2.39. The minimum absolute atomic E-state index is 0.00329. The van der Waals surface area contributed by atoms with Crippen LogP contribution in [-0.4, -0.2) is 29.6 Å². The molecule has 5 nitrogen and oxygen atoms in total. The molecule has 1 N–H and O–H groups in total. The van der Waals surface area contributed by atoms with Crippen molar-refractivity contribution >= 4 is 11.5 Å². The molecule has 32 heavy (non-hydrogen) atoms. The normalized spacial score (nSPS) is 14.9. The average molecular weight is 453 g/mol. The number of ether oxygens (including phenoxy) is 2. The van der Waals surface area contributed by atoms with Gasteiger partial charge in [-0.15, -0.1) is 0 Å². The van der Waals surface area contributed by atoms with Gasteiger partial charge in [-0.25, -0.2) is 22.0 Å². The van der Waals surface area contributed by atoms with Crippen LogP contribution in [0.3, 0.4) is 0 Å². The van der Waals surface area contributed by atoms with Crippen LogP contribution >= 0.6 is 0 Å². The fourth-order valence-electron chi connectivity index (χ4n) is 3.54. The second-order valence-electron chi connectivity index (χ2n) is 8.16. The SMILES string of the molecule is Cc1nn(C)c(Nc2c(F)cc(F)cc2F)c1-c1c(F)cc(OCC2(C)COC2)cc1F. The molecule has 0 saturated carbocycles. The van der Waals surface area contributed by atoms with Gasteiger partial charge in [-0.2, -0.15) is 5.10 Å². The van der Waals surface area contributed by atoms with Crippen molar-refractivity contribution in [2.24, 2.45) is 12.5 Å². The molecule has 0 atom stereocenters. The number of aromatic nitrogens is 2. The van der Waals surface area contributed by atoms with Gasteiger partial charge in [0.1, 0.15) is 34.7 Å². The van der Waals surface area contributed by atoms with E-state index in [1.54, 1.807) is 0 Å². The lowest BCUT2D eigenvalue weighted by molar-refractivity contribution is -0.120. The molecule has 0 spiro atoms. The summed E-state index contributed by atoms with van der Waals surface area (Å²) in [7, 11) is 1.44. The van der Waals surface area contributed by atoms with Crippen LogP contribution in [0.2, 0.25) is 0 Å². The predicted molar refractivity (Wildman–Crippen MR) is 107 cm³/mol. The third kappa shape index (κ3) is 4.02. The minimum atomic E-state index is -1.20. The summed E-state index contributed by atoms with van der Waals surface area (Å²) in [6, 6.07) is 3.07. The maximum absolute atomic E-state index is 15.0. The van der Waals surface area contributed by atoms with E-state index in [0.29, 0.717) is 25.3 Å². The largest absolute Gasteiger partial charge is 0.493 e. The molecule has 2 heterocycles. The summed E-state index contributed by atoms with van der Waals surface area (Å²) < 4.78 is 83.4. The lowest BCUT2D eigenvalue weighted by atomic mass is 9.90. The highest BCUT2D eigenvalue weighted by Gasteiger charge is 2.34. The molecule has 0 aliphatic carbocycles. The second-order valence-corrected chi connectivity index (χ2v) is 8.16. The zero-order chi connectivity index (χ0) is 23.2. The quantitative estimate of drug-likeness (QED) is 0.518. The van der Waals surface area contributed by atoms with Gasteiger partial charge in [-0.3, -0.25) is 4.68 Å². The maximum Gasteiger partial charge on any atom is 0.152 e. The number of aryl methyl sites for hydroxylation is 2. The van der Waals surface area contributed by atoms with Crippen molar-refractivity contribution in [1.29, 1.82) is 0 Å². The van der Waals surface area contributed by atoms with Crippen molar-refractivity contribution in [3.8, 4) is 16.9 Å². The van der Waals surface area contributed by atoms with Crippen LogP contribution in [-0.2, 0) is 11.8 Å². The van der Waals surface area contributed by atoms with Crippen molar-refractivity contribution in [2.45, 2.75) is 13.8 Å². The summed E-state index contributed by atoms with van der Waals surface area (Å²) in [5.41, 5.74) is -1.15. The predicted octanol–water partition coefficient (Wildman–Crippen LogP) is 5.25. The Balaban J connectivity index is 1.71. The summed E-state index contributed by atoms with van der Waals surface area (Å²) in [6.07, 6.45) is 0. The lowest BCUT2D eigenvalue weighted by Gasteiger charge is -2.37. The number of nitrogens with zero attached hydrogens (tertiary/aromatic N) is 2. The first-order valence-electron chi connectivity index (χ1n) is 9.73. The minimum Gasteiger partial charge on any atom is -0.493 e. The molecule has 1 aromatic heterocycles. The standard InChI is InChI=1S/C22H20F5N3O2/c1-11-18(21(30(3)29-11)28-20-16(26)4-12(23)5-17(20)27)19-14(24)6-13(7-15(19)25)32-10-22(2)8-31-9-22/h4-7,28H,8-10H2,1-3H3. The number of hydrogen-bond acceptors (Lipinski definition) is 4. The van der Waals surface area contributed by atoms with Gasteiger partial charge in [0.05, 0.1) is 36.6 Å². The van der Waals surface area contributed by atoms with Crippen molar-refractivity contribution in [3.05, 3.63) is 59.0 Å². The Labute approximate surface area is 180 Å². The Morgan fingerprint density at radius 2 is 1.59 bits per heavy atom. The Morgan fingerprint density at radius 3 is 2.12 bits per heavy atom. The molecule has 10 heteroatoms. The first-order valence-corrected chi connectivity index (χ1v) is 9.73. The molecule has 0 bridgehead atoms. The number of hydrogen-bond donors (Lipinski definition) is 1. The van der Waals surface area contributed by atoms with E-state index in [1.165, 1.54) is 18.7 Å². The third-order valence-corrected chi connectivity index (χ3v) is 5.23. The van der Waals surface area contributed by atoms with Gasteiger partial charge in [0.15, 0.2) is 11.6 Å². The van der Waals surface area contributed by atoms with E-state index in [-0.39, 0.29) is 34.8 Å². The average Bonchev–Trinajstić information content (AvgIpc) is 2.94. The summed E-state index contributed by atoms with van der Waals surface area (Å²) in [4.78, 5) is 0. The first-order chi connectivity index (χ1) is 15.1. The van der Waals surface area contributed by atoms with E-state index in [9.17, 15) is 13.2 Å². The number of anilines is 2. The van der Waals surface area contributed by atoms with Crippen LogP contribution in [0.5, 0.6) is 5.75 Å². The van der Waals surface area contributed by atoms with Gasteiger partial charge in [-0.1, -0.05) is 6.92 Å². The van der Waals surface area contributed by atoms with Crippen LogP contribution in [0.15, 0.2) is 24.3 Å². The summed E-state index contributed by atoms with van der Waals surface area (Å²) in [5, 5.41) is 6.57. The molecule has 3 aromatic rings. The number of rotatable bonds is 6. The fraction of sp³-hybridized carbons (Fsp3) is 0.318. The first kappa shape index (κ1) is 22.1. The number of nitrogens with one attached hydrogen (secondary N) is 1. The molecule has 2 aromatic carbocycles. The van der Waals surface area contributed by atoms with Crippen LogP contribution in [0, 0.1) is 41.4 Å². The van der Waals surface area contributed by atoms with Gasteiger partial charge < -0.3 is 14.8 Å². The smallest absolute Gasteiger partial charge is 0.152 e.